The van der Waals surface area contributed by atoms with Crippen LogP contribution in [0.1, 0.15) is 0 Å². The zero-order valence-corrected chi connectivity index (χ0v) is 8.99. The summed E-state index contributed by atoms with van der Waals surface area (Å²) in [6, 6.07) is 3.47. The van der Waals surface area contributed by atoms with Crippen molar-refractivity contribution in [3.8, 4) is 11.4 Å². The highest BCUT2D eigenvalue weighted by molar-refractivity contribution is 5.61. The highest BCUT2D eigenvalue weighted by Gasteiger charge is 2.16. The fourth-order valence-corrected chi connectivity index (χ4v) is 1.33. The molecule has 0 radical (unpaired) electrons. The molecule has 0 saturated carbocycles. The largest absolute Gasteiger partial charge is 0.367 e. The molecule has 17 heavy (non-hydrogen) atoms. The first kappa shape index (κ1) is 10.9. The normalized spacial score (nSPS) is 9.94. The van der Waals surface area contributed by atoms with Crippen LogP contribution in [0.2, 0.25) is 0 Å². The highest BCUT2D eigenvalue weighted by Crippen LogP contribution is 2.23. The molecule has 7 nitrogen and oxygen atoms in total. The van der Waals surface area contributed by atoms with E-state index < -0.39 is 4.92 Å². The van der Waals surface area contributed by atoms with Gasteiger partial charge in [-0.3, -0.25) is 15.1 Å². The van der Waals surface area contributed by atoms with E-state index in [1.807, 2.05) is 0 Å². The van der Waals surface area contributed by atoms with E-state index in [9.17, 15) is 10.1 Å². The molecule has 86 valence electrons. The summed E-state index contributed by atoms with van der Waals surface area (Å²) in [7, 11) is 1.58. The summed E-state index contributed by atoms with van der Waals surface area (Å²) < 4.78 is 0. The van der Waals surface area contributed by atoms with E-state index in [4.69, 9.17) is 0 Å². The summed E-state index contributed by atoms with van der Waals surface area (Å²) >= 11 is 0. The van der Waals surface area contributed by atoms with Gasteiger partial charge in [0, 0.05) is 25.0 Å². The molecule has 2 aromatic heterocycles. The first-order chi connectivity index (χ1) is 8.22. The average Bonchev–Trinajstić information content (AvgIpc) is 2.39. The van der Waals surface area contributed by atoms with Gasteiger partial charge in [0.15, 0.2) is 5.82 Å². The summed E-state index contributed by atoms with van der Waals surface area (Å²) in [6.45, 7) is 0. The predicted octanol–water partition coefficient (Wildman–Crippen LogP) is 1.49. The zero-order chi connectivity index (χ0) is 12.3. The van der Waals surface area contributed by atoms with E-state index >= 15 is 0 Å². The molecule has 2 heterocycles. The SMILES string of the molecule is CNc1nc(-c2ccncc2)ncc1[N+](=O)[O-]. The van der Waals surface area contributed by atoms with Crippen LogP contribution in [0.15, 0.2) is 30.7 Å². The number of anilines is 1. The average molecular weight is 231 g/mol. The Bertz CT molecular complexity index is 544. The van der Waals surface area contributed by atoms with Crippen molar-refractivity contribution >= 4 is 11.5 Å². The molecule has 0 spiro atoms. The minimum atomic E-state index is -0.526. The Kier molecular flexibility index (Phi) is 2.91. The lowest BCUT2D eigenvalue weighted by molar-refractivity contribution is -0.384. The predicted molar refractivity (Wildman–Crippen MR) is 61.5 cm³/mol. The summed E-state index contributed by atoms with van der Waals surface area (Å²) in [5.41, 5.74) is 0.608. The van der Waals surface area contributed by atoms with Crippen molar-refractivity contribution in [3.63, 3.8) is 0 Å². The minimum absolute atomic E-state index is 0.148. The lowest BCUT2D eigenvalue weighted by atomic mass is 10.2. The molecule has 1 N–H and O–H groups in total. The van der Waals surface area contributed by atoms with Crippen LogP contribution in [0.5, 0.6) is 0 Å². The molecule has 2 rings (SSSR count). The molecule has 0 amide bonds. The van der Waals surface area contributed by atoms with Gasteiger partial charge in [-0.25, -0.2) is 9.97 Å². The Morgan fingerprint density at radius 2 is 2.06 bits per heavy atom. The van der Waals surface area contributed by atoms with E-state index in [0.717, 1.165) is 5.56 Å². The Balaban J connectivity index is 2.49. The van der Waals surface area contributed by atoms with Gasteiger partial charge in [0.25, 0.3) is 0 Å². The molecular formula is C10H9N5O2. The Morgan fingerprint density at radius 1 is 1.35 bits per heavy atom. The zero-order valence-electron chi connectivity index (χ0n) is 8.99. The number of hydrogen-bond acceptors (Lipinski definition) is 6. The molecule has 0 fully saturated rings. The summed E-state index contributed by atoms with van der Waals surface area (Å²) in [4.78, 5) is 22.1. The molecule has 0 aromatic carbocycles. The van der Waals surface area contributed by atoms with Crippen molar-refractivity contribution in [1.82, 2.24) is 15.0 Å². The standard InChI is InChI=1S/C10H9N5O2/c1-11-10-8(15(16)17)6-13-9(14-10)7-2-4-12-5-3-7/h2-6H,1H3,(H,11,13,14). The quantitative estimate of drug-likeness (QED) is 0.635. The van der Waals surface area contributed by atoms with Gasteiger partial charge in [0.05, 0.1) is 4.92 Å². The number of hydrogen-bond donors (Lipinski definition) is 1. The van der Waals surface area contributed by atoms with E-state index in [1.54, 1.807) is 31.6 Å². The topological polar surface area (TPSA) is 93.8 Å². The smallest absolute Gasteiger partial charge is 0.329 e. The summed E-state index contributed by atoms with van der Waals surface area (Å²) in [6.07, 6.45) is 4.41. The number of pyridine rings is 1. The van der Waals surface area contributed by atoms with Crippen molar-refractivity contribution in [2.75, 3.05) is 12.4 Å². The van der Waals surface area contributed by atoms with E-state index in [0.29, 0.717) is 5.82 Å². The third-order valence-electron chi connectivity index (χ3n) is 2.14. The Morgan fingerprint density at radius 3 is 2.65 bits per heavy atom. The number of nitro groups is 1. The van der Waals surface area contributed by atoms with E-state index in [1.165, 1.54) is 6.20 Å². The highest BCUT2D eigenvalue weighted by atomic mass is 16.6. The van der Waals surface area contributed by atoms with Crippen LogP contribution in [0.25, 0.3) is 11.4 Å². The first-order valence-corrected chi connectivity index (χ1v) is 4.82. The fraction of sp³-hybridized carbons (Fsp3) is 0.100. The summed E-state index contributed by atoms with van der Waals surface area (Å²) in [5, 5.41) is 13.4. The van der Waals surface area contributed by atoms with Crippen molar-refractivity contribution in [2.45, 2.75) is 0 Å². The van der Waals surface area contributed by atoms with Crippen LogP contribution in [0.4, 0.5) is 11.5 Å². The maximum Gasteiger partial charge on any atom is 0.329 e. The van der Waals surface area contributed by atoms with Gasteiger partial charge in [-0.1, -0.05) is 0 Å². The molecule has 0 aliphatic heterocycles. The summed E-state index contributed by atoms with van der Waals surface area (Å²) in [5.74, 6) is 0.610. The van der Waals surface area contributed by atoms with Gasteiger partial charge < -0.3 is 5.32 Å². The number of nitrogens with zero attached hydrogens (tertiary/aromatic N) is 4. The number of aromatic nitrogens is 3. The van der Waals surface area contributed by atoms with Crippen LogP contribution in [-0.2, 0) is 0 Å². The van der Waals surface area contributed by atoms with Gasteiger partial charge >= 0.3 is 5.69 Å². The van der Waals surface area contributed by atoms with Crippen molar-refractivity contribution in [2.24, 2.45) is 0 Å². The lowest BCUT2D eigenvalue weighted by Gasteiger charge is -2.03. The minimum Gasteiger partial charge on any atom is -0.367 e. The maximum atomic E-state index is 10.7. The molecular weight excluding hydrogens is 222 g/mol. The van der Waals surface area contributed by atoms with E-state index in [2.05, 4.69) is 20.3 Å². The molecule has 2 aromatic rings. The monoisotopic (exact) mass is 231 g/mol. The molecule has 7 heteroatoms. The molecule has 0 saturated heterocycles. The lowest BCUT2D eigenvalue weighted by Crippen LogP contribution is -2.02. The molecule has 0 unspecified atom stereocenters. The third-order valence-corrected chi connectivity index (χ3v) is 2.14. The van der Waals surface area contributed by atoms with Crippen molar-refractivity contribution < 1.29 is 4.92 Å². The van der Waals surface area contributed by atoms with Gasteiger partial charge in [0.2, 0.25) is 5.82 Å². The van der Waals surface area contributed by atoms with Crippen LogP contribution in [0.3, 0.4) is 0 Å². The van der Waals surface area contributed by atoms with Crippen LogP contribution < -0.4 is 5.32 Å². The Hall–Kier alpha value is -2.57. The van der Waals surface area contributed by atoms with Crippen LogP contribution in [-0.4, -0.2) is 26.9 Å². The second-order valence-corrected chi connectivity index (χ2v) is 3.17. The fourth-order valence-electron chi connectivity index (χ4n) is 1.33. The van der Waals surface area contributed by atoms with Crippen LogP contribution >= 0.6 is 0 Å². The van der Waals surface area contributed by atoms with Crippen LogP contribution in [0, 0.1) is 10.1 Å². The molecule has 0 aliphatic carbocycles. The molecule has 0 bridgehead atoms. The number of rotatable bonds is 3. The molecule has 0 atom stereocenters. The third kappa shape index (κ3) is 2.17. The van der Waals surface area contributed by atoms with Gasteiger partial charge in [0.1, 0.15) is 6.20 Å². The first-order valence-electron chi connectivity index (χ1n) is 4.82. The second-order valence-electron chi connectivity index (χ2n) is 3.17. The number of nitrogens with one attached hydrogen (secondary N) is 1. The van der Waals surface area contributed by atoms with Crippen molar-refractivity contribution in [1.29, 1.82) is 0 Å². The van der Waals surface area contributed by atoms with Crippen molar-refractivity contribution in [3.05, 3.63) is 40.8 Å². The van der Waals surface area contributed by atoms with Gasteiger partial charge in [-0.05, 0) is 12.1 Å². The molecule has 0 aliphatic rings. The van der Waals surface area contributed by atoms with E-state index in [-0.39, 0.29) is 11.5 Å². The Labute approximate surface area is 96.7 Å². The van der Waals surface area contributed by atoms with Gasteiger partial charge in [-0.2, -0.15) is 0 Å². The maximum absolute atomic E-state index is 10.7. The van der Waals surface area contributed by atoms with Gasteiger partial charge in [-0.15, -0.1) is 0 Å². The second kappa shape index (κ2) is 4.52.